The predicted octanol–water partition coefficient (Wildman–Crippen LogP) is -0.358. The van der Waals surface area contributed by atoms with Crippen molar-refractivity contribution in [1.29, 1.82) is 5.26 Å². The van der Waals surface area contributed by atoms with Crippen LogP contribution < -0.4 is 5.73 Å². The van der Waals surface area contributed by atoms with E-state index in [-0.39, 0.29) is 0 Å². The summed E-state index contributed by atoms with van der Waals surface area (Å²) in [4.78, 5) is 1.94. The molecule has 0 radical (unpaired) electrons. The Morgan fingerprint density at radius 1 is 1.55 bits per heavy atom. The van der Waals surface area contributed by atoms with Gasteiger partial charge in [0.15, 0.2) is 0 Å². The third-order valence-corrected chi connectivity index (χ3v) is 1.59. The van der Waals surface area contributed by atoms with E-state index in [1.54, 1.807) is 0 Å². The van der Waals surface area contributed by atoms with Gasteiger partial charge in [0.2, 0.25) is 0 Å². The van der Waals surface area contributed by atoms with Gasteiger partial charge in [-0.05, 0) is 0 Å². The van der Waals surface area contributed by atoms with Crippen LogP contribution in [0.3, 0.4) is 0 Å². The summed E-state index contributed by atoms with van der Waals surface area (Å²) < 4.78 is 5.12. The molecule has 4 nitrogen and oxygen atoms in total. The number of rotatable bonds is 1. The fraction of sp³-hybridized carbons (Fsp3) is 0.571. The monoisotopic (exact) mass is 153 g/mol. The number of nitriles is 1. The molecule has 2 N–H and O–H groups in total. The molecule has 1 aliphatic rings. The summed E-state index contributed by atoms with van der Waals surface area (Å²) in [6.07, 6.45) is 1.35. The van der Waals surface area contributed by atoms with Crippen LogP contribution in [0.25, 0.3) is 0 Å². The second-order valence-electron chi connectivity index (χ2n) is 2.30. The summed E-state index contributed by atoms with van der Waals surface area (Å²) in [5, 5.41) is 8.30. The highest BCUT2D eigenvalue weighted by Crippen LogP contribution is 2.01. The fourth-order valence-corrected chi connectivity index (χ4v) is 0.979. The fourth-order valence-electron chi connectivity index (χ4n) is 0.979. The molecule has 0 spiro atoms. The van der Waals surface area contributed by atoms with E-state index in [1.807, 2.05) is 11.0 Å². The van der Waals surface area contributed by atoms with Gasteiger partial charge in [0.05, 0.1) is 25.4 Å². The molecular formula is C7H11N3O. The predicted molar refractivity (Wildman–Crippen MR) is 40.3 cm³/mol. The van der Waals surface area contributed by atoms with E-state index in [0.29, 0.717) is 19.0 Å². The summed E-state index contributed by atoms with van der Waals surface area (Å²) in [5.41, 5.74) is 5.57. The maximum absolute atomic E-state index is 8.30. The van der Waals surface area contributed by atoms with Gasteiger partial charge in [-0.3, -0.25) is 0 Å². The molecule has 11 heavy (non-hydrogen) atoms. The van der Waals surface area contributed by atoms with Crippen LogP contribution in [0.2, 0.25) is 0 Å². The molecule has 0 atom stereocenters. The standard InChI is InChI=1S/C7H11N3O/c8-2-1-7(9)10-3-5-11-6-4-10/h1H,3-6,9H2/b7-1+. The van der Waals surface area contributed by atoms with Gasteiger partial charge in [0, 0.05) is 13.1 Å². The Morgan fingerprint density at radius 3 is 2.73 bits per heavy atom. The van der Waals surface area contributed by atoms with Crippen molar-refractivity contribution in [2.75, 3.05) is 26.3 Å². The van der Waals surface area contributed by atoms with Crippen molar-refractivity contribution in [3.63, 3.8) is 0 Å². The zero-order chi connectivity index (χ0) is 8.10. The topological polar surface area (TPSA) is 62.3 Å². The number of allylic oxidation sites excluding steroid dienone is 1. The highest BCUT2D eigenvalue weighted by Gasteiger charge is 2.09. The first kappa shape index (κ1) is 7.89. The van der Waals surface area contributed by atoms with Gasteiger partial charge >= 0.3 is 0 Å². The Balaban J connectivity index is 2.46. The van der Waals surface area contributed by atoms with Crippen LogP contribution in [0.1, 0.15) is 0 Å². The first-order chi connectivity index (χ1) is 5.34. The number of nitrogens with zero attached hydrogens (tertiary/aromatic N) is 2. The zero-order valence-corrected chi connectivity index (χ0v) is 6.29. The molecule has 1 saturated heterocycles. The highest BCUT2D eigenvalue weighted by molar-refractivity contribution is 5.09. The van der Waals surface area contributed by atoms with Crippen molar-refractivity contribution in [3.8, 4) is 6.07 Å². The second-order valence-corrected chi connectivity index (χ2v) is 2.30. The van der Waals surface area contributed by atoms with Gasteiger partial charge in [-0.15, -0.1) is 0 Å². The summed E-state index contributed by atoms with van der Waals surface area (Å²) >= 11 is 0. The van der Waals surface area contributed by atoms with Crippen molar-refractivity contribution < 1.29 is 4.74 Å². The lowest BCUT2D eigenvalue weighted by Crippen LogP contribution is -2.38. The lowest BCUT2D eigenvalue weighted by molar-refractivity contribution is 0.0530. The van der Waals surface area contributed by atoms with Gasteiger partial charge in [-0.1, -0.05) is 0 Å². The molecule has 1 heterocycles. The molecule has 0 saturated carbocycles. The van der Waals surface area contributed by atoms with Crippen LogP contribution in [0, 0.1) is 11.3 Å². The molecule has 0 aromatic rings. The lowest BCUT2D eigenvalue weighted by Gasteiger charge is -2.28. The SMILES string of the molecule is N#C/C=C(\N)N1CCOCC1. The van der Waals surface area contributed by atoms with E-state index in [4.69, 9.17) is 15.7 Å². The van der Waals surface area contributed by atoms with E-state index >= 15 is 0 Å². The summed E-state index contributed by atoms with van der Waals surface area (Å²) in [6, 6.07) is 1.90. The molecule has 0 aliphatic carbocycles. The number of ether oxygens (including phenoxy) is 1. The van der Waals surface area contributed by atoms with Crippen molar-refractivity contribution in [3.05, 3.63) is 11.9 Å². The molecule has 0 amide bonds. The minimum atomic E-state index is 0.538. The van der Waals surface area contributed by atoms with Gasteiger partial charge in [0.25, 0.3) is 0 Å². The summed E-state index contributed by atoms with van der Waals surface area (Å²) in [5.74, 6) is 0.538. The van der Waals surface area contributed by atoms with E-state index in [2.05, 4.69) is 0 Å². The first-order valence-electron chi connectivity index (χ1n) is 3.52. The molecule has 60 valence electrons. The smallest absolute Gasteiger partial charge is 0.109 e. The summed E-state index contributed by atoms with van der Waals surface area (Å²) in [6.45, 7) is 2.95. The van der Waals surface area contributed by atoms with Gasteiger partial charge in [-0.25, -0.2) is 0 Å². The van der Waals surface area contributed by atoms with Crippen molar-refractivity contribution in [2.45, 2.75) is 0 Å². The highest BCUT2D eigenvalue weighted by atomic mass is 16.5. The molecule has 0 bridgehead atoms. The van der Waals surface area contributed by atoms with Crippen LogP contribution in [0.5, 0.6) is 0 Å². The first-order valence-corrected chi connectivity index (χ1v) is 3.52. The van der Waals surface area contributed by atoms with Crippen molar-refractivity contribution in [1.82, 2.24) is 4.90 Å². The number of hydrogen-bond donors (Lipinski definition) is 1. The zero-order valence-electron chi connectivity index (χ0n) is 6.29. The van der Waals surface area contributed by atoms with Gasteiger partial charge in [0.1, 0.15) is 5.82 Å². The number of hydrogen-bond acceptors (Lipinski definition) is 4. The van der Waals surface area contributed by atoms with Crippen LogP contribution in [-0.2, 0) is 4.74 Å². The average Bonchev–Trinajstić information content (AvgIpc) is 2.07. The molecule has 1 fully saturated rings. The van der Waals surface area contributed by atoms with Crippen LogP contribution in [-0.4, -0.2) is 31.2 Å². The third-order valence-electron chi connectivity index (χ3n) is 1.59. The van der Waals surface area contributed by atoms with E-state index < -0.39 is 0 Å². The Morgan fingerprint density at radius 2 is 2.18 bits per heavy atom. The Bertz CT molecular complexity index is 188. The molecule has 0 aromatic carbocycles. The molecular weight excluding hydrogens is 142 g/mol. The maximum atomic E-state index is 8.30. The Labute approximate surface area is 65.8 Å². The van der Waals surface area contributed by atoms with Crippen LogP contribution in [0.4, 0.5) is 0 Å². The normalized spacial score (nSPS) is 19.5. The van der Waals surface area contributed by atoms with Crippen LogP contribution >= 0.6 is 0 Å². The largest absolute Gasteiger partial charge is 0.385 e. The second kappa shape index (κ2) is 3.84. The molecule has 1 aliphatic heterocycles. The Kier molecular flexibility index (Phi) is 2.75. The average molecular weight is 153 g/mol. The third kappa shape index (κ3) is 2.13. The van der Waals surface area contributed by atoms with Crippen molar-refractivity contribution in [2.24, 2.45) is 5.73 Å². The minimum Gasteiger partial charge on any atom is -0.385 e. The quantitative estimate of drug-likeness (QED) is 0.523. The number of nitrogens with two attached hydrogens (primary N) is 1. The van der Waals surface area contributed by atoms with Gasteiger partial charge in [-0.2, -0.15) is 5.26 Å². The minimum absolute atomic E-state index is 0.538. The molecule has 0 unspecified atom stereocenters. The van der Waals surface area contributed by atoms with E-state index in [9.17, 15) is 0 Å². The number of morpholine rings is 1. The van der Waals surface area contributed by atoms with Crippen LogP contribution in [0.15, 0.2) is 11.9 Å². The maximum Gasteiger partial charge on any atom is 0.109 e. The van der Waals surface area contributed by atoms with E-state index in [0.717, 1.165) is 13.1 Å². The molecule has 4 heteroatoms. The summed E-state index contributed by atoms with van der Waals surface area (Å²) in [7, 11) is 0. The molecule has 1 rings (SSSR count). The Hall–Kier alpha value is -1.21. The molecule has 0 aromatic heterocycles. The van der Waals surface area contributed by atoms with E-state index in [1.165, 1.54) is 6.08 Å². The van der Waals surface area contributed by atoms with Gasteiger partial charge < -0.3 is 15.4 Å². The van der Waals surface area contributed by atoms with Crippen molar-refractivity contribution >= 4 is 0 Å². The lowest BCUT2D eigenvalue weighted by atomic mass is 10.4.